The summed E-state index contributed by atoms with van der Waals surface area (Å²) in [4.78, 5) is 28.8. The molecule has 2 rings (SSSR count). The third-order valence-electron chi connectivity index (χ3n) is 3.42. The molecule has 1 atom stereocenters. The van der Waals surface area contributed by atoms with Crippen LogP contribution in [0.15, 0.2) is 18.3 Å². The number of aromatic carboxylic acids is 1. The maximum Gasteiger partial charge on any atom is 0.354 e. The molecule has 1 unspecified atom stereocenters. The molecule has 5 heteroatoms. The van der Waals surface area contributed by atoms with Gasteiger partial charge in [-0.1, -0.05) is 13.3 Å². The molecular formula is C14H18N2O3. The van der Waals surface area contributed by atoms with E-state index in [1.54, 1.807) is 6.07 Å². The molecule has 1 N–H and O–H groups in total. The molecule has 0 spiro atoms. The van der Waals surface area contributed by atoms with Gasteiger partial charge in [-0.05, 0) is 30.9 Å². The minimum atomic E-state index is -1.11. The van der Waals surface area contributed by atoms with Gasteiger partial charge in [-0.3, -0.25) is 4.79 Å². The van der Waals surface area contributed by atoms with Gasteiger partial charge in [-0.15, -0.1) is 0 Å². The van der Waals surface area contributed by atoms with Gasteiger partial charge >= 0.3 is 5.97 Å². The summed E-state index contributed by atoms with van der Waals surface area (Å²) >= 11 is 0. The van der Waals surface area contributed by atoms with Crippen molar-refractivity contribution < 1.29 is 14.7 Å². The number of amides is 1. The minimum absolute atomic E-state index is 0.0891. The summed E-state index contributed by atoms with van der Waals surface area (Å²) in [6.07, 6.45) is 4.66. The Labute approximate surface area is 112 Å². The van der Waals surface area contributed by atoms with E-state index < -0.39 is 5.97 Å². The summed E-state index contributed by atoms with van der Waals surface area (Å²) in [5.74, 6) is -0.718. The Bertz CT molecular complexity index is 487. The zero-order valence-corrected chi connectivity index (χ0v) is 11.0. The molecule has 1 aliphatic rings. The molecule has 0 aromatic carbocycles. The fourth-order valence-electron chi connectivity index (χ4n) is 2.40. The lowest BCUT2D eigenvalue weighted by molar-refractivity contribution is 0.0690. The van der Waals surface area contributed by atoms with Gasteiger partial charge in [0.1, 0.15) is 5.69 Å². The molecule has 0 saturated carbocycles. The zero-order chi connectivity index (χ0) is 13.8. The van der Waals surface area contributed by atoms with Crippen LogP contribution in [0.25, 0.3) is 0 Å². The van der Waals surface area contributed by atoms with Crippen molar-refractivity contribution in [2.45, 2.75) is 26.2 Å². The lowest BCUT2D eigenvalue weighted by Gasteiger charge is -2.22. The first-order valence-corrected chi connectivity index (χ1v) is 6.56. The van der Waals surface area contributed by atoms with E-state index in [1.807, 2.05) is 4.90 Å². The predicted octanol–water partition coefficient (Wildman–Crippen LogP) is 2.04. The van der Waals surface area contributed by atoms with Crippen molar-refractivity contribution in [3.8, 4) is 0 Å². The summed E-state index contributed by atoms with van der Waals surface area (Å²) in [5, 5.41) is 8.90. The highest BCUT2D eigenvalue weighted by atomic mass is 16.4. The van der Waals surface area contributed by atoms with Crippen LogP contribution in [0.3, 0.4) is 0 Å². The van der Waals surface area contributed by atoms with Crippen molar-refractivity contribution in [2.24, 2.45) is 5.92 Å². The lowest BCUT2D eigenvalue weighted by atomic mass is 10.1. The maximum atomic E-state index is 12.4. The number of rotatable bonds is 2. The molecule has 5 nitrogen and oxygen atoms in total. The normalized spacial score (nSPS) is 19.8. The van der Waals surface area contributed by atoms with Gasteiger partial charge in [0.25, 0.3) is 5.91 Å². The first-order valence-electron chi connectivity index (χ1n) is 6.56. The Morgan fingerprint density at radius 2 is 2.21 bits per heavy atom. The fourth-order valence-corrected chi connectivity index (χ4v) is 2.40. The SMILES string of the molecule is CC1CCCCN(C(=O)c2ccnc(C(=O)O)c2)C1. The molecule has 0 bridgehead atoms. The van der Waals surface area contributed by atoms with Crippen molar-refractivity contribution >= 4 is 11.9 Å². The van der Waals surface area contributed by atoms with E-state index in [2.05, 4.69) is 11.9 Å². The quantitative estimate of drug-likeness (QED) is 0.885. The van der Waals surface area contributed by atoms with Gasteiger partial charge < -0.3 is 10.0 Å². The maximum absolute atomic E-state index is 12.4. The van der Waals surface area contributed by atoms with Crippen LogP contribution in [0.2, 0.25) is 0 Å². The topological polar surface area (TPSA) is 70.5 Å². The second-order valence-corrected chi connectivity index (χ2v) is 5.09. The average molecular weight is 262 g/mol. The highest BCUT2D eigenvalue weighted by molar-refractivity contribution is 5.96. The third kappa shape index (κ3) is 3.30. The summed E-state index contributed by atoms with van der Waals surface area (Å²) in [6, 6.07) is 2.92. The Kier molecular flexibility index (Phi) is 4.14. The fraction of sp³-hybridized carbons (Fsp3) is 0.500. The first kappa shape index (κ1) is 13.5. The summed E-state index contributed by atoms with van der Waals surface area (Å²) < 4.78 is 0. The van der Waals surface area contributed by atoms with Gasteiger partial charge in [0, 0.05) is 24.8 Å². The molecule has 1 aromatic rings. The van der Waals surface area contributed by atoms with Crippen LogP contribution in [0.4, 0.5) is 0 Å². The van der Waals surface area contributed by atoms with Crippen LogP contribution in [0, 0.1) is 5.92 Å². The van der Waals surface area contributed by atoms with E-state index in [4.69, 9.17) is 5.11 Å². The number of hydrogen-bond acceptors (Lipinski definition) is 3. The number of aromatic nitrogens is 1. The number of carbonyl (C=O) groups is 2. The monoisotopic (exact) mass is 262 g/mol. The molecule has 1 saturated heterocycles. The molecule has 2 heterocycles. The first-order chi connectivity index (χ1) is 9.08. The van der Waals surface area contributed by atoms with Crippen LogP contribution in [0.1, 0.15) is 47.0 Å². The number of pyridine rings is 1. The van der Waals surface area contributed by atoms with Crippen molar-refractivity contribution in [1.82, 2.24) is 9.88 Å². The number of carboxylic acids is 1. The highest BCUT2D eigenvalue weighted by Gasteiger charge is 2.21. The number of nitrogens with zero attached hydrogens (tertiary/aromatic N) is 2. The molecule has 1 aromatic heterocycles. The van der Waals surface area contributed by atoms with E-state index >= 15 is 0 Å². The second-order valence-electron chi connectivity index (χ2n) is 5.09. The molecule has 0 aliphatic carbocycles. The number of hydrogen-bond donors (Lipinski definition) is 1. The predicted molar refractivity (Wildman–Crippen MR) is 70.1 cm³/mol. The van der Waals surface area contributed by atoms with Crippen LogP contribution in [-0.4, -0.2) is 40.0 Å². The molecular weight excluding hydrogens is 244 g/mol. The molecule has 1 amide bonds. The average Bonchev–Trinajstić information content (AvgIpc) is 2.62. The van der Waals surface area contributed by atoms with Gasteiger partial charge in [0.15, 0.2) is 0 Å². The summed E-state index contributed by atoms with van der Waals surface area (Å²) in [7, 11) is 0. The van der Waals surface area contributed by atoms with E-state index in [1.165, 1.54) is 12.3 Å². The van der Waals surface area contributed by atoms with Crippen LogP contribution in [-0.2, 0) is 0 Å². The molecule has 1 aliphatic heterocycles. The van der Waals surface area contributed by atoms with Crippen molar-refractivity contribution in [2.75, 3.05) is 13.1 Å². The third-order valence-corrected chi connectivity index (χ3v) is 3.42. The molecule has 1 fully saturated rings. The number of carboxylic acid groups (broad SMARTS) is 1. The van der Waals surface area contributed by atoms with E-state index in [0.717, 1.165) is 32.4 Å². The van der Waals surface area contributed by atoms with Gasteiger partial charge in [0.05, 0.1) is 0 Å². The van der Waals surface area contributed by atoms with Crippen molar-refractivity contribution in [3.63, 3.8) is 0 Å². The Morgan fingerprint density at radius 3 is 2.95 bits per heavy atom. The van der Waals surface area contributed by atoms with Crippen molar-refractivity contribution in [3.05, 3.63) is 29.6 Å². The summed E-state index contributed by atoms with van der Waals surface area (Å²) in [6.45, 7) is 3.62. The smallest absolute Gasteiger partial charge is 0.354 e. The van der Waals surface area contributed by atoms with Gasteiger partial charge in [-0.2, -0.15) is 0 Å². The van der Waals surface area contributed by atoms with Crippen LogP contribution in [0.5, 0.6) is 0 Å². The van der Waals surface area contributed by atoms with Gasteiger partial charge in [0.2, 0.25) is 0 Å². The van der Waals surface area contributed by atoms with Gasteiger partial charge in [-0.25, -0.2) is 9.78 Å². The second kappa shape index (κ2) is 5.82. The minimum Gasteiger partial charge on any atom is -0.477 e. The Balaban J connectivity index is 2.18. The zero-order valence-electron chi connectivity index (χ0n) is 11.0. The van der Waals surface area contributed by atoms with E-state index in [-0.39, 0.29) is 11.6 Å². The Morgan fingerprint density at radius 1 is 1.42 bits per heavy atom. The Hall–Kier alpha value is -1.91. The largest absolute Gasteiger partial charge is 0.477 e. The van der Waals surface area contributed by atoms with Crippen LogP contribution < -0.4 is 0 Å². The molecule has 102 valence electrons. The molecule has 19 heavy (non-hydrogen) atoms. The van der Waals surface area contributed by atoms with Crippen molar-refractivity contribution in [1.29, 1.82) is 0 Å². The number of likely N-dealkylation sites (tertiary alicyclic amines) is 1. The highest BCUT2D eigenvalue weighted by Crippen LogP contribution is 2.18. The molecule has 0 radical (unpaired) electrons. The van der Waals surface area contributed by atoms with E-state index in [0.29, 0.717) is 11.5 Å². The van der Waals surface area contributed by atoms with Crippen LogP contribution >= 0.6 is 0 Å². The van der Waals surface area contributed by atoms with E-state index in [9.17, 15) is 9.59 Å². The summed E-state index contributed by atoms with van der Waals surface area (Å²) in [5.41, 5.74) is 0.315. The number of carbonyl (C=O) groups excluding carboxylic acids is 1. The standard InChI is InChI=1S/C14H18N2O3/c1-10-4-2-3-7-16(9-10)13(17)11-5-6-15-12(8-11)14(18)19/h5-6,8,10H,2-4,7,9H2,1H3,(H,18,19). The lowest BCUT2D eigenvalue weighted by Crippen LogP contribution is -2.34.